The van der Waals surface area contributed by atoms with Crippen LogP contribution in [-0.2, 0) is 11.2 Å². The van der Waals surface area contributed by atoms with Crippen molar-refractivity contribution in [2.75, 3.05) is 14.2 Å². The van der Waals surface area contributed by atoms with Crippen molar-refractivity contribution < 1.29 is 28.9 Å². The Balaban J connectivity index is 1.89. The van der Waals surface area contributed by atoms with Crippen molar-refractivity contribution in [2.45, 2.75) is 31.5 Å². The first-order chi connectivity index (χ1) is 13.6. The number of carbonyl (C=O) groups is 2. The molecule has 0 saturated carbocycles. The van der Waals surface area contributed by atoms with E-state index in [2.05, 4.69) is 11.4 Å². The van der Waals surface area contributed by atoms with Crippen LogP contribution in [0.4, 0.5) is 0 Å². The third kappa shape index (κ3) is 4.09. The second-order valence-electron chi connectivity index (χ2n) is 6.51. The Labute approximate surface area is 163 Å². The van der Waals surface area contributed by atoms with E-state index in [1.165, 1.54) is 31.9 Å². The quantitative estimate of drug-likeness (QED) is 0.533. The first kappa shape index (κ1) is 19.7. The molecule has 1 aliphatic rings. The van der Waals surface area contributed by atoms with E-state index in [1.54, 1.807) is 0 Å². The third-order valence-corrected chi connectivity index (χ3v) is 4.84. The highest BCUT2D eigenvalue weighted by Gasteiger charge is 2.28. The molecule has 0 aliphatic heterocycles. The van der Waals surface area contributed by atoms with Gasteiger partial charge in [-0.2, -0.15) is 0 Å². The molecule has 7 heteroatoms. The second-order valence-corrected chi connectivity index (χ2v) is 6.51. The number of hydrogen-bond acceptors (Lipinski definition) is 6. The smallest absolute Gasteiger partial charge is 0.360 e. The third-order valence-electron chi connectivity index (χ3n) is 4.84. The second kappa shape index (κ2) is 8.75. The number of carboxylic acids is 1. The lowest BCUT2D eigenvalue weighted by atomic mass is 9.87. The Morgan fingerprint density at radius 1 is 1.21 bits per heavy atom. The maximum Gasteiger partial charge on any atom is 0.360 e. The minimum absolute atomic E-state index is 0.0789. The van der Waals surface area contributed by atoms with Crippen LogP contribution in [0.5, 0.6) is 17.2 Å². The normalized spacial score (nSPS) is 16.6. The Morgan fingerprint density at radius 2 is 1.96 bits per heavy atom. The topological polar surface area (TPSA) is 94.1 Å². The number of methoxy groups -OCH3 is 2. The number of fused-ring (bicyclic) bond motifs is 1. The first-order valence-electron chi connectivity index (χ1n) is 9.02. The molecule has 0 amide bonds. The number of aliphatic carboxylic acids is 1. The molecule has 3 rings (SSSR count). The van der Waals surface area contributed by atoms with E-state index in [0.29, 0.717) is 12.0 Å². The summed E-state index contributed by atoms with van der Waals surface area (Å²) in [6.07, 6.45) is 1.95. The van der Waals surface area contributed by atoms with E-state index in [0.717, 1.165) is 24.8 Å². The van der Waals surface area contributed by atoms with Crippen LogP contribution in [0.25, 0.3) is 0 Å². The van der Waals surface area contributed by atoms with Crippen LogP contribution in [0, 0.1) is 0 Å². The molecule has 0 radical (unpaired) electrons. The van der Waals surface area contributed by atoms with Gasteiger partial charge in [-0.1, -0.05) is 24.3 Å². The molecule has 2 aromatic rings. The number of aryl methyl sites for hydroxylation is 1. The molecule has 0 bridgehead atoms. The van der Waals surface area contributed by atoms with E-state index in [1.807, 2.05) is 18.2 Å². The van der Waals surface area contributed by atoms with Gasteiger partial charge in [-0.05, 0) is 30.4 Å². The molecular weight excluding hydrogens is 362 g/mol. The predicted molar refractivity (Wildman–Crippen MR) is 102 cm³/mol. The standard InChI is InChI=1S/C21H23NO6/c1-26-14-10-18(27-2)16(12-23)19(11-14)28-20(21(24)25)22-17-9-5-7-13-6-3-4-8-15(13)17/h3-4,6,8,10-12,17,20,22H,5,7,9H2,1-2H3,(H,24,25). The van der Waals surface area contributed by atoms with Crippen molar-refractivity contribution in [3.8, 4) is 17.2 Å². The van der Waals surface area contributed by atoms with E-state index in [-0.39, 0.29) is 23.1 Å². The highest BCUT2D eigenvalue weighted by Crippen LogP contribution is 2.34. The zero-order valence-corrected chi connectivity index (χ0v) is 15.8. The summed E-state index contributed by atoms with van der Waals surface area (Å²) in [5.74, 6) is -0.460. The van der Waals surface area contributed by atoms with Gasteiger partial charge in [-0.3, -0.25) is 10.1 Å². The van der Waals surface area contributed by atoms with Crippen LogP contribution >= 0.6 is 0 Å². The van der Waals surface area contributed by atoms with Crippen molar-refractivity contribution in [2.24, 2.45) is 0 Å². The van der Waals surface area contributed by atoms with Crippen molar-refractivity contribution in [1.82, 2.24) is 5.32 Å². The molecule has 0 saturated heterocycles. The maximum atomic E-state index is 11.9. The number of aldehydes is 1. The van der Waals surface area contributed by atoms with Crippen molar-refractivity contribution in [3.63, 3.8) is 0 Å². The van der Waals surface area contributed by atoms with Gasteiger partial charge in [0.25, 0.3) is 0 Å². The van der Waals surface area contributed by atoms with Gasteiger partial charge in [0.05, 0.1) is 19.8 Å². The molecule has 0 heterocycles. The number of carbonyl (C=O) groups excluding carboxylic acids is 1. The number of rotatable bonds is 8. The minimum atomic E-state index is -1.34. The summed E-state index contributed by atoms with van der Waals surface area (Å²) >= 11 is 0. The molecule has 2 N–H and O–H groups in total. The number of ether oxygens (including phenoxy) is 3. The van der Waals surface area contributed by atoms with E-state index < -0.39 is 12.2 Å². The molecule has 2 unspecified atom stereocenters. The summed E-state index contributed by atoms with van der Waals surface area (Å²) in [4.78, 5) is 23.4. The molecule has 28 heavy (non-hydrogen) atoms. The largest absolute Gasteiger partial charge is 0.496 e. The molecule has 0 aromatic heterocycles. The van der Waals surface area contributed by atoms with Crippen LogP contribution in [0.3, 0.4) is 0 Å². The Bertz CT molecular complexity index is 866. The summed E-state index contributed by atoms with van der Waals surface area (Å²) in [6.45, 7) is 0. The maximum absolute atomic E-state index is 11.9. The van der Waals surface area contributed by atoms with Crippen LogP contribution in [0.1, 0.15) is 40.4 Å². The van der Waals surface area contributed by atoms with Crippen LogP contribution < -0.4 is 19.5 Å². The van der Waals surface area contributed by atoms with E-state index >= 15 is 0 Å². The zero-order chi connectivity index (χ0) is 20.1. The average molecular weight is 385 g/mol. The minimum Gasteiger partial charge on any atom is -0.496 e. The molecule has 7 nitrogen and oxygen atoms in total. The number of nitrogens with one attached hydrogen (secondary N) is 1. The molecule has 0 spiro atoms. The first-order valence-corrected chi connectivity index (χ1v) is 9.02. The van der Waals surface area contributed by atoms with Gasteiger partial charge in [0.1, 0.15) is 17.2 Å². The highest BCUT2D eigenvalue weighted by molar-refractivity contribution is 5.85. The van der Waals surface area contributed by atoms with E-state index in [9.17, 15) is 14.7 Å². The summed E-state index contributed by atoms with van der Waals surface area (Å²) in [5, 5.41) is 12.8. The SMILES string of the molecule is COc1cc(OC)c(C=O)c(OC(NC2CCCc3ccccc32)C(=O)O)c1. The summed E-state index contributed by atoms with van der Waals surface area (Å²) in [6, 6.07) is 10.8. The molecule has 2 aromatic carbocycles. The van der Waals surface area contributed by atoms with Gasteiger partial charge < -0.3 is 19.3 Å². The van der Waals surface area contributed by atoms with Crippen LogP contribution in [0.2, 0.25) is 0 Å². The fraction of sp³-hybridized carbons (Fsp3) is 0.333. The highest BCUT2D eigenvalue weighted by atomic mass is 16.5. The summed E-state index contributed by atoms with van der Waals surface area (Å²) in [5.41, 5.74) is 2.40. The van der Waals surface area contributed by atoms with E-state index in [4.69, 9.17) is 14.2 Å². The van der Waals surface area contributed by atoms with Gasteiger partial charge in [0.15, 0.2) is 6.29 Å². The Hall–Kier alpha value is -3.06. The lowest BCUT2D eigenvalue weighted by Gasteiger charge is -2.29. The molecule has 1 aliphatic carbocycles. The fourth-order valence-electron chi connectivity index (χ4n) is 3.47. The van der Waals surface area contributed by atoms with Crippen LogP contribution in [0.15, 0.2) is 36.4 Å². The summed E-state index contributed by atoms with van der Waals surface area (Å²) < 4.78 is 16.1. The molecule has 0 fully saturated rings. The Kier molecular flexibility index (Phi) is 6.16. The monoisotopic (exact) mass is 385 g/mol. The molecular formula is C21H23NO6. The predicted octanol–water partition coefficient (Wildman–Crippen LogP) is 2.97. The van der Waals surface area contributed by atoms with Crippen molar-refractivity contribution in [1.29, 1.82) is 0 Å². The lowest BCUT2D eigenvalue weighted by Crippen LogP contribution is -2.44. The van der Waals surface area contributed by atoms with Crippen LogP contribution in [-0.4, -0.2) is 37.8 Å². The van der Waals surface area contributed by atoms with Gasteiger partial charge in [0, 0.05) is 18.2 Å². The van der Waals surface area contributed by atoms with Gasteiger partial charge in [-0.15, -0.1) is 0 Å². The van der Waals surface area contributed by atoms with Crippen molar-refractivity contribution in [3.05, 3.63) is 53.1 Å². The summed E-state index contributed by atoms with van der Waals surface area (Å²) in [7, 11) is 2.88. The fourth-order valence-corrected chi connectivity index (χ4v) is 3.47. The number of carboxylic acid groups (broad SMARTS) is 1. The average Bonchev–Trinajstić information content (AvgIpc) is 2.72. The van der Waals surface area contributed by atoms with Gasteiger partial charge in [-0.25, -0.2) is 4.79 Å². The lowest BCUT2D eigenvalue weighted by molar-refractivity contribution is -0.147. The van der Waals surface area contributed by atoms with Gasteiger partial charge in [0.2, 0.25) is 6.23 Å². The molecule has 148 valence electrons. The number of benzene rings is 2. The molecule has 2 atom stereocenters. The van der Waals surface area contributed by atoms with Crippen molar-refractivity contribution >= 4 is 12.3 Å². The zero-order valence-electron chi connectivity index (χ0n) is 15.8. The Morgan fingerprint density at radius 3 is 2.64 bits per heavy atom. The number of hydrogen-bond donors (Lipinski definition) is 2. The van der Waals surface area contributed by atoms with Gasteiger partial charge >= 0.3 is 5.97 Å².